The van der Waals surface area contributed by atoms with Crippen LogP contribution in [0, 0.1) is 0 Å². The molecule has 0 atom stereocenters. The summed E-state index contributed by atoms with van der Waals surface area (Å²) in [5, 5.41) is 8.03. The quantitative estimate of drug-likeness (QED) is 0.427. The van der Waals surface area contributed by atoms with Gasteiger partial charge in [0, 0.05) is 6.61 Å². The zero-order chi connectivity index (χ0) is 5.54. The lowest BCUT2D eigenvalue weighted by Gasteiger charge is -1.89. The second-order valence-corrected chi connectivity index (χ2v) is 1.04. The molecule has 0 heterocycles. The molecule has 42 valence electrons. The fourth-order valence-electron chi connectivity index (χ4n) is 0.229. The highest BCUT2D eigenvalue weighted by atomic mass is 16.5. The molecule has 0 aromatic heterocycles. The molecule has 0 aromatic carbocycles. The van der Waals surface area contributed by atoms with E-state index in [1.54, 1.807) is 6.08 Å². The van der Waals surface area contributed by atoms with E-state index in [1.165, 1.54) is 0 Å². The SMILES string of the molecule is CCOCC=CO. The molecular weight excluding hydrogens is 92.1 g/mol. The van der Waals surface area contributed by atoms with Crippen LogP contribution in [0.2, 0.25) is 0 Å². The maximum atomic E-state index is 8.03. The number of aliphatic hydroxyl groups is 1. The summed E-state index contributed by atoms with van der Waals surface area (Å²) < 4.78 is 4.83. The van der Waals surface area contributed by atoms with Crippen LogP contribution < -0.4 is 0 Å². The topological polar surface area (TPSA) is 29.5 Å². The maximum absolute atomic E-state index is 8.03. The van der Waals surface area contributed by atoms with Gasteiger partial charge in [0.15, 0.2) is 0 Å². The van der Waals surface area contributed by atoms with Crippen molar-refractivity contribution in [1.29, 1.82) is 0 Å². The zero-order valence-electron chi connectivity index (χ0n) is 4.42. The summed E-state index contributed by atoms with van der Waals surface area (Å²) in [5.74, 6) is 0. The smallest absolute Gasteiger partial charge is 0.0774 e. The van der Waals surface area contributed by atoms with Gasteiger partial charge in [-0.1, -0.05) is 0 Å². The Labute approximate surface area is 43.4 Å². The van der Waals surface area contributed by atoms with Crippen LogP contribution in [0.4, 0.5) is 0 Å². The Morgan fingerprint density at radius 2 is 2.43 bits per heavy atom. The van der Waals surface area contributed by atoms with Gasteiger partial charge < -0.3 is 9.84 Å². The fraction of sp³-hybridized carbons (Fsp3) is 0.600. The highest BCUT2D eigenvalue weighted by Crippen LogP contribution is 1.72. The van der Waals surface area contributed by atoms with Gasteiger partial charge in [-0.2, -0.15) is 0 Å². The van der Waals surface area contributed by atoms with Gasteiger partial charge in [0.2, 0.25) is 0 Å². The van der Waals surface area contributed by atoms with E-state index in [0.29, 0.717) is 13.2 Å². The zero-order valence-corrected chi connectivity index (χ0v) is 4.42. The number of ether oxygens (including phenoxy) is 1. The molecule has 0 aliphatic heterocycles. The van der Waals surface area contributed by atoms with Gasteiger partial charge in [0.1, 0.15) is 0 Å². The number of rotatable bonds is 3. The molecule has 0 spiro atoms. The van der Waals surface area contributed by atoms with E-state index in [4.69, 9.17) is 9.84 Å². The van der Waals surface area contributed by atoms with Crippen LogP contribution in [0.15, 0.2) is 12.3 Å². The van der Waals surface area contributed by atoms with Crippen LogP contribution in [0.5, 0.6) is 0 Å². The largest absolute Gasteiger partial charge is 0.516 e. The second kappa shape index (κ2) is 5.50. The summed E-state index contributed by atoms with van der Waals surface area (Å²) >= 11 is 0. The molecule has 7 heavy (non-hydrogen) atoms. The second-order valence-electron chi connectivity index (χ2n) is 1.04. The molecule has 2 nitrogen and oxygen atoms in total. The molecular formula is C5H10O2. The van der Waals surface area contributed by atoms with Gasteiger partial charge in [-0.3, -0.25) is 0 Å². The van der Waals surface area contributed by atoms with E-state index in [2.05, 4.69) is 0 Å². The first-order chi connectivity index (χ1) is 3.41. The Hall–Kier alpha value is -0.500. The average molecular weight is 102 g/mol. The minimum Gasteiger partial charge on any atom is -0.516 e. The number of aliphatic hydroxyl groups excluding tert-OH is 1. The Morgan fingerprint density at radius 3 is 2.86 bits per heavy atom. The van der Waals surface area contributed by atoms with Crippen molar-refractivity contribution in [3.8, 4) is 0 Å². The monoisotopic (exact) mass is 102 g/mol. The first kappa shape index (κ1) is 6.50. The van der Waals surface area contributed by atoms with Crippen molar-refractivity contribution in [3.63, 3.8) is 0 Å². The summed E-state index contributed by atoms with van der Waals surface area (Å²) in [7, 11) is 0. The van der Waals surface area contributed by atoms with E-state index in [9.17, 15) is 0 Å². The Balaban J connectivity index is 2.69. The summed E-state index contributed by atoms with van der Waals surface area (Å²) in [6, 6.07) is 0. The molecule has 0 rings (SSSR count). The lowest BCUT2D eigenvalue weighted by Crippen LogP contribution is -1.87. The molecule has 1 N–H and O–H groups in total. The molecule has 0 saturated heterocycles. The predicted molar refractivity (Wildman–Crippen MR) is 28.3 cm³/mol. The molecule has 0 aliphatic carbocycles. The van der Waals surface area contributed by atoms with Gasteiger partial charge in [0.05, 0.1) is 12.9 Å². The molecule has 0 saturated carbocycles. The minimum absolute atomic E-state index is 0.507. The maximum Gasteiger partial charge on any atom is 0.0774 e. The van der Waals surface area contributed by atoms with Crippen LogP contribution in [0.25, 0.3) is 0 Å². The van der Waals surface area contributed by atoms with Crippen molar-refractivity contribution in [2.24, 2.45) is 0 Å². The highest BCUT2D eigenvalue weighted by molar-refractivity contribution is 4.69. The van der Waals surface area contributed by atoms with Crippen LogP contribution in [0.1, 0.15) is 6.92 Å². The van der Waals surface area contributed by atoms with Crippen LogP contribution in [-0.2, 0) is 4.74 Å². The number of hydrogen-bond donors (Lipinski definition) is 1. The van der Waals surface area contributed by atoms with Crippen molar-refractivity contribution in [2.75, 3.05) is 13.2 Å². The Bertz CT molecular complexity index is 50.0. The Kier molecular flexibility index (Phi) is 5.11. The minimum atomic E-state index is 0.507. The van der Waals surface area contributed by atoms with Crippen molar-refractivity contribution >= 4 is 0 Å². The Morgan fingerprint density at radius 1 is 1.71 bits per heavy atom. The third-order valence-corrected chi connectivity index (χ3v) is 0.524. The van der Waals surface area contributed by atoms with E-state index < -0.39 is 0 Å². The number of hydrogen-bond acceptors (Lipinski definition) is 2. The first-order valence-electron chi connectivity index (χ1n) is 2.28. The van der Waals surface area contributed by atoms with Crippen molar-refractivity contribution in [1.82, 2.24) is 0 Å². The molecule has 0 aliphatic rings. The summed E-state index contributed by atoms with van der Waals surface area (Å²) in [4.78, 5) is 0. The normalized spacial score (nSPS) is 10.4. The standard InChI is InChI=1S/C5H10O2/c1-2-7-5-3-4-6/h3-4,6H,2,5H2,1H3. The van der Waals surface area contributed by atoms with Crippen LogP contribution in [-0.4, -0.2) is 18.3 Å². The summed E-state index contributed by atoms with van der Waals surface area (Å²) in [6.45, 7) is 3.11. The van der Waals surface area contributed by atoms with Crippen LogP contribution >= 0.6 is 0 Å². The van der Waals surface area contributed by atoms with Crippen molar-refractivity contribution in [3.05, 3.63) is 12.3 Å². The van der Waals surface area contributed by atoms with E-state index in [1.807, 2.05) is 6.92 Å². The third kappa shape index (κ3) is 5.50. The van der Waals surface area contributed by atoms with Crippen molar-refractivity contribution in [2.45, 2.75) is 6.92 Å². The summed E-state index contributed by atoms with van der Waals surface area (Å²) in [6.07, 6.45) is 2.53. The average Bonchev–Trinajstić information content (AvgIpc) is 1.69. The third-order valence-electron chi connectivity index (χ3n) is 0.524. The molecule has 0 aromatic rings. The van der Waals surface area contributed by atoms with E-state index >= 15 is 0 Å². The van der Waals surface area contributed by atoms with Gasteiger partial charge in [0.25, 0.3) is 0 Å². The van der Waals surface area contributed by atoms with Gasteiger partial charge in [-0.25, -0.2) is 0 Å². The van der Waals surface area contributed by atoms with Crippen molar-refractivity contribution < 1.29 is 9.84 Å². The lowest BCUT2D eigenvalue weighted by atomic mass is 10.7. The van der Waals surface area contributed by atoms with Gasteiger partial charge >= 0.3 is 0 Å². The molecule has 0 fully saturated rings. The fourth-order valence-corrected chi connectivity index (χ4v) is 0.229. The lowest BCUT2D eigenvalue weighted by molar-refractivity contribution is 0.176. The van der Waals surface area contributed by atoms with Gasteiger partial charge in [-0.15, -0.1) is 0 Å². The summed E-state index contributed by atoms with van der Waals surface area (Å²) in [5.41, 5.74) is 0. The highest BCUT2D eigenvalue weighted by Gasteiger charge is 1.70. The molecule has 0 bridgehead atoms. The predicted octanol–water partition coefficient (Wildman–Crippen LogP) is 1.09. The van der Waals surface area contributed by atoms with E-state index in [-0.39, 0.29) is 0 Å². The molecule has 2 heteroatoms. The molecule has 0 unspecified atom stereocenters. The molecule has 0 radical (unpaired) electrons. The first-order valence-corrected chi connectivity index (χ1v) is 2.28. The van der Waals surface area contributed by atoms with E-state index in [0.717, 1.165) is 6.26 Å². The molecule has 0 amide bonds. The van der Waals surface area contributed by atoms with Gasteiger partial charge in [-0.05, 0) is 13.0 Å². The van der Waals surface area contributed by atoms with Crippen LogP contribution in [0.3, 0.4) is 0 Å².